The highest BCUT2D eigenvalue weighted by Gasteiger charge is 2.58. The lowest BCUT2D eigenvalue weighted by atomic mass is 9.78. The van der Waals surface area contributed by atoms with Crippen molar-refractivity contribution in [2.45, 2.75) is 78.9 Å². The van der Waals surface area contributed by atoms with Gasteiger partial charge in [0, 0.05) is 5.92 Å². The smallest absolute Gasteiger partial charge is 0.176 e. The first-order chi connectivity index (χ1) is 11.4. The average molecular weight is 354 g/mol. The maximum Gasteiger partial charge on any atom is 0.176 e. The molecule has 0 unspecified atom stereocenters. The minimum Gasteiger partial charge on any atom is -0.508 e. The first-order valence-electron chi connectivity index (χ1n) is 9.37. The highest BCUT2D eigenvalue weighted by molar-refractivity contribution is 6.24. The molecule has 0 spiro atoms. The second-order valence-electron chi connectivity index (χ2n) is 8.44. The minimum absolute atomic E-state index is 0.257. The zero-order valence-electron chi connectivity index (χ0n) is 16.4. The quantitative estimate of drug-likeness (QED) is 0.553. The fourth-order valence-corrected chi connectivity index (χ4v) is 3.34. The predicted molar refractivity (Wildman–Crippen MR) is 97.1 cm³/mol. The van der Waals surface area contributed by atoms with Crippen molar-refractivity contribution < 1.29 is 24.9 Å². The predicted octanol–water partition coefficient (Wildman–Crippen LogP) is 3.19. The van der Waals surface area contributed by atoms with Gasteiger partial charge in [0.25, 0.3) is 0 Å². The van der Waals surface area contributed by atoms with Crippen LogP contribution in [0.5, 0.6) is 0 Å². The van der Waals surface area contributed by atoms with E-state index in [4.69, 9.17) is 0 Å². The van der Waals surface area contributed by atoms with E-state index in [9.17, 15) is 24.9 Å². The molecule has 0 fully saturated rings. The Hall–Kier alpha value is -1.20. The van der Waals surface area contributed by atoms with Gasteiger partial charge >= 0.3 is 0 Å². The first kappa shape index (κ1) is 21.8. The summed E-state index contributed by atoms with van der Waals surface area (Å²) in [5, 5.41) is 32.4. The Labute approximate surface area is 151 Å². The van der Waals surface area contributed by atoms with Gasteiger partial charge in [-0.25, -0.2) is 0 Å². The zero-order valence-corrected chi connectivity index (χ0v) is 16.4. The summed E-state index contributed by atoms with van der Waals surface area (Å²) in [6, 6.07) is 0. The zero-order chi connectivity index (χ0) is 19.5. The van der Waals surface area contributed by atoms with E-state index in [0.29, 0.717) is 31.1 Å². The third kappa shape index (κ3) is 4.50. The molecule has 1 aliphatic carbocycles. The number of aliphatic hydroxyl groups is 3. The number of carbonyl (C=O) groups excluding carboxylic acids is 2. The molecule has 0 saturated carbocycles. The van der Waals surface area contributed by atoms with Crippen LogP contribution in [0.15, 0.2) is 11.3 Å². The average Bonchev–Trinajstić information content (AvgIpc) is 2.69. The van der Waals surface area contributed by atoms with E-state index in [1.54, 1.807) is 13.8 Å². The van der Waals surface area contributed by atoms with Crippen LogP contribution >= 0.6 is 0 Å². The summed E-state index contributed by atoms with van der Waals surface area (Å²) < 4.78 is 0. The molecule has 1 aliphatic rings. The fraction of sp³-hybridized carbons (Fsp3) is 0.800. The lowest BCUT2D eigenvalue weighted by molar-refractivity contribution is -0.137. The van der Waals surface area contributed by atoms with Crippen LogP contribution in [0.25, 0.3) is 0 Å². The van der Waals surface area contributed by atoms with Crippen LogP contribution in [-0.4, -0.2) is 38.6 Å². The molecule has 0 radical (unpaired) electrons. The van der Waals surface area contributed by atoms with Crippen LogP contribution in [0.2, 0.25) is 0 Å². The largest absolute Gasteiger partial charge is 0.508 e. The van der Waals surface area contributed by atoms with E-state index in [1.165, 1.54) is 0 Å². The van der Waals surface area contributed by atoms with E-state index >= 15 is 0 Å². The van der Waals surface area contributed by atoms with Crippen LogP contribution in [0, 0.1) is 23.7 Å². The van der Waals surface area contributed by atoms with Gasteiger partial charge in [0.1, 0.15) is 11.3 Å². The normalized spacial score (nSPS) is 25.6. The highest BCUT2D eigenvalue weighted by Crippen LogP contribution is 2.44. The molecule has 3 atom stereocenters. The van der Waals surface area contributed by atoms with Gasteiger partial charge in [-0.1, -0.05) is 48.0 Å². The fourth-order valence-electron chi connectivity index (χ4n) is 3.34. The van der Waals surface area contributed by atoms with Crippen molar-refractivity contribution in [3.8, 4) is 0 Å². The molecule has 0 aromatic heterocycles. The molecule has 1 rings (SSSR count). The second-order valence-corrected chi connectivity index (χ2v) is 8.44. The van der Waals surface area contributed by atoms with Crippen molar-refractivity contribution in [1.29, 1.82) is 0 Å². The van der Waals surface area contributed by atoms with Crippen molar-refractivity contribution >= 4 is 11.6 Å². The number of ketones is 2. The summed E-state index contributed by atoms with van der Waals surface area (Å²) >= 11 is 0. The first-order valence-corrected chi connectivity index (χ1v) is 9.37. The molecule has 0 amide bonds. The number of allylic oxidation sites excluding steroid dienone is 1. The van der Waals surface area contributed by atoms with E-state index < -0.39 is 40.9 Å². The molecule has 0 bridgehead atoms. The summed E-state index contributed by atoms with van der Waals surface area (Å²) in [4.78, 5) is 25.2. The van der Waals surface area contributed by atoms with E-state index in [-0.39, 0.29) is 12.0 Å². The topological polar surface area (TPSA) is 94.8 Å². The Balaban J connectivity index is 3.27. The maximum atomic E-state index is 12.8. The van der Waals surface area contributed by atoms with Crippen LogP contribution < -0.4 is 0 Å². The Kier molecular flexibility index (Phi) is 7.39. The van der Waals surface area contributed by atoms with Gasteiger partial charge in [-0.05, 0) is 31.1 Å². The Morgan fingerprint density at radius 1 is 1.04 bits per heavy atom. The number of Topliss-reactive ketones (excluding diaryl/α,β-unsaturated/α-hetero) is 2. The molecule has 5 heteroatoms. The molecule has 144 valence electrons. The Morgan fingerprint density at radius 2 is 1.56 bits per heavy atom. The third-order valence-corrected chi connectivity index (χ3v) is 5.04. The molecule has 0 aromatic rings. The summed E-state index contributed by atoms with van der Waals surface area (Å²) in [6.07, 6.45) is 0.604. The van der Waals surface area contributed by atoms with Crippen molar-refractivity contribution in [1.82, 2.24) is 0 Å². The molecule has 5 nitrogen and oxygen atoms in total. The second kappa shape index (κ2) is 8.45. The highest BCUT2D eigenvalue weighted by atomic mass is 16.4. The van der Waals surface area contributed by atoms with Crippen molar-refractivity contribution in [2.75, 3.05) is 0 Å². The molecule has 0 aliphatic heterocycles. The van der Waals surface area contributed by atoms with Crippen LogP contribution in [-0.2, 0) is 9.59 Å². The number of carbonyl (C=O) groups is 2. The standard InChI is InChI=1S/C20H34O5/c1-11(2)7-9-14-18(23)16(17(22)13(5)6)19(24)20(14,25)15(21)10-8-12(3)4/h11-15,21,24-25H,7-10H2,1-6H3/t14-,15+,20-/m0/s1. The van der Waals surface area contributed by atoms with Crippen LogP contribution in [0.3, 0.4) is 0 Å². The van der Waals surface area contributed by atoms with Gasteiger partial charge in [0.2, 0.25) is 0 Å². The number of hydrogen-bond donors (Lipinski definition) is 3. The van der Waals surface area contributed by atoms with Crippen LogP contribution in [0.1, 0.15) is 67.2 Å². The maximum absolute atomic E-state index is 12.8. The van der Waals surface area contributed by atoms with Gasteiger partial charge in [-0.3, -0.25) is 9.59 Å². The van der Waals surface area contributed by atoms with Crippen LogP contribution in [0.4, 0.5) is 0 Å². The van der Waals surface area contributed by atoms with Crippen molar-refractivity contribution in [2.24, 2.45) is 23.7 Å². The van der Waals surface area contributed by atoms with E-state index in [1.807, 2.05) is 27.7 Å². The minimum atomic E-state index is -2.07. The summed E-state index contributed by atoms with van der Waals surface area (Å²) in [7, 11) is 0. The monoisotopic (exact) mass is 354 g/mol. The lowest BCUT2D eigenvalue weighted by Crippen LogP contribution is -2.49. The molecule has 0 heterocycles. The molecule has 0 aromatic carbocycles. The number of aliphatic hydroxyl groups excluding tert-OH is 2. The lowest BCUT2D eigenvalue weighted by Gasteiger charge is -2.34. The van der Waals surface area contributed by atoms with Crippen molar-refractivity contribution in [3.05, 3.63) is 11.3 Å². The summed E-state index contributed by atoms with van der Waals surface area (Å²) in [6.45, 7) is 11.3. The number of hydrogen-bond acceptors (Lipinski definition) is 5. The summed E-state index contributed by atoms with van der Waals surface area (Å²) in [5.74, 6) is -2.49. The van der Waals surface area contributed by atoms with E-state index in [2.05, 4.69) is 0 Å². The van der Waals surface area contributed by atoms with Gasteiger partial charge in [-0.2, -0.15) is 0 Å². The molecule has 3 N–H and O–H groups in total. The molecule has 25 heavy (non-hydrogen) atoms. The van der Waals surface area contributed by atoms with Crippen molar-refractivity contribution in [3.63, 3.8) is 0 Å². The Bertz CT molecular complexity index is 532. The SMILES string of the molecule is CC(C)CC[C@@H](O)[C@]1(O)C(O)=C(C(=O)C(C)C)C(=O)[C@@H]1CCC(C)C. The molecule has 0 saturated heterocycles. The third-order valence-electron chi connectivity index (χ3n) is 5.04. The van der Waals surface area contributed by atoms with Gasteiger partial charge in [-0.15, -0.1) is 0 Å². The Morgan fingerprint density at radius 3 is 2.00 bits per heavy atom. The van der Waals surface area contributed by atoms with Gasteiger partial charge in [0.15, 0.2) is 17.2 Å². The van der Waals surface area contributed by atoms with Gasteiger partial charge < -0.3 is 15.3 Å². The number of rotatable bonds is 9. The molecular weight excluding hydrogens is 320 g/mol. The van der Waals surface area contributed by atoms with E-state index in [0.717, 1.165) is 0 Å². The molecular formula is C20H34O5. The van der Waals surface area contributed by atoms with Gasteiger partial charge in [0.05, 0.1) is 12.0 Å². The summed E-state index contributed by atoms with van der Waals surface area (Å²) in [5.41, 5.74) is -2.39.